The van der Waals surface area contributed by atoms with Crippen LogP contribution in [0.3, 0.4) is 0 Å². The first kappa shape index (κ1) is 17.7. The first-order chi connectivity index (χ1) is 9.30. The van der Waals surface area contributed by atoms with Crippen molar-refractivity contribution in [3.8, 4) is 0 Å². The minimum atomic E-state index is 0.282. The van der Waals surface area contributed by atoms with E-state index in [1.165, 1.54) is 29.1 Å². The van der Waals surface area contributed by atoms with E-state index in [2.05, 4.69) is 64.0 Å². The summed E-state index contributed by atoms with van der Waals surface area (Å²) in [7, 11) is 2.21. The number of hydrogen-bond donors (Lipinski definition) is 1. The summed E-state index contributed by atoms with van der Waals surface area (Å²) in [4.78, 5) is 5.34. The minimum Gasteiger partial charge on any atom is -0.312 e. The molecule has 0 aliphatic rings. The molecule has 116 valence electrons. The van der Waals surface area contributed by atoms with E-state index in [0.29, 0.717) is 6.04 Å². The highest BCUT2D eigenvalue weighted by Crippen LogP contribution is 2.29. The molecule has 1 N–H and O–H groups in total. The molecule has 0 aliphatic heterocycles. The van der Waals surface area contributed by atoms with Crippen molar-refractivity contribution in [3.63, 3.8) is 0 Å². The molecule has 0 aliphatic carbocycles. The fourth-order valence-corrected chi connectivity index (χ4v) is 2.99. The van der Waals surface area contributed by atoms with Gasteiger partial charge in [-0.1, -0.05) is 20.8 Å². The number of nitrogens with one attached hydrogen (secondary N) is 1. The van der Waals surface area contributed by atoms with E-state index in [-0.39, 0.29) is 5.41 Å². The first-order valence-corrected chi connectivity index (χ1v) is 8.62. The van der Waals surface area contributed by atoms with Crippen LogP contribution in [-0.4, -0.2) is 31.1 Å². The van der Waals surface area contributed by atoms with Gasteiger partial charge in [-0.25, -0.2) is 0 Å². The maximum Gasteiger partial charge on any atom is 0.0299 e. The average Bonchev–Trinajstić information content (AvgIpc) is 2.81. The van der Waals surface area contributed by atoms with Crippen LogP contribution in [0.1, 0.15) is 57.2 Å². The number of thiophene rings is 1. The molecule has 0 spiro atoms. The van der Waals surface area contributed by atoms with Crippen molar-refractivity contribution in [2.24, 2.45) is 0 Å². The van der Waals surface area contributed by atoms with Gasteiger partial charge in [0, 0.05) is 22.3 Å². The summed E-state index contributed by atoms with van der Waals surface area (Å²) in [6, 6.07) is 5.20. The lowest BCUT2D eigenvalue weighted by molar-refractivity contribution is 0.268. The Morgan fingerprint density at radius 2 is 1.90 bits per heavy atom. The van der Waals surface area contributed by atoms with E-state index in [0.717, 1.165) is 13.1 Å². The summed E-state index contributed by atoms with van der Waals surface area (Å²) < 4.78 is 0. The molecular formula is C17H32N2S. The molecule has 2 nitrogen and oxygen atoms in total. The van der Waals surface area contributed by atoms with Gasteiger partial charge in [-0.3, -0.25) is 0 Å². The van der Waals surface area contributed by atoms with Crippen molar-refractivity contribution in [3.05, 3.63) is 21.9 Å². The second-order valence-corrected chi connectivity index (χ2v) is 8.14. The van der Waals surface area contributed by atoms with Crippen LogP contribution < -0.4 is 5.32 Å². The topological polar surface area (TPSA) is 15.3 Å². The third-order valence-electron chi connectivity index (χ3n) is 3.70. The van der Waals surface area contributed by atoms with Crippen LogP contribution in [0, 0.1) is 0 Å². The molecule has 0 fully saturated rings. The lowest BCUT2D eigenvalue weighted by Gasteiger charge is -2.20. The van der Waals surface area contributed by atoms with Crippen LogP contribution in [0.2, 0.25) is 0 Å². The van der Waals surface area contributed by atoms with Crippen LogP contribution >= 0.6 is 11.3 Å². The van der Waals surface area contributed by atoms with Crippen LogP contribution in [0.15, 0.2) is 12.1 Å². The number of rotatable bonds is 8. The Bertz CT molecular complexity index is 377. The average molecular weight is 297 g/mol. The molecular weight excluding hydrogens is 264 g/mol. The molecule has 0 bridgehead atoms. The highest BCUT2D eigenvalue weighted by molar-refractivity contribution is 7.12. The molecule has 0 aromatic carbocycles. The van der Waals surface area contributed by atoms with E-state index in [9.17, 15) is 0 Å². The van der Waals surface area contributed by atoms with Gasteiger partial charge in [0.25, 0.3) is 0 Å². The summed E-state index contributed by atoms with van der Waals surface area (Å²) in [5, 5.41) is 3.56. The summed E-state index contributed by atoms with van der Waals surface area (Å²) in [5.41, 5.74) is 0.282. The quantitative estimate of drug-likeness (QED) is 0.721. The standard InChI is InChI=1S/C17H32N2S/c1-14(2)19(6)12-8-7-11-18-13-15-9-10-16(20-15)17(3,4)5/h9-10,14,18H,7-8,11-13H2,1-6H3. The van der Waals surface area contributed by atoms with E-state index in [1.54, 1.807) is 0 Å². The van der Waals surface area contributed by atoms with Gasteiger partial charge in [0.15, 0.2) is 0 Å². The summed E-state index contributed by atoms with van der Waals surface area (Å²) in [6.07, 6.45) is 2.54. The van der Waals surface area contributed by atoms with Crippen molar-refractivity contribution >= 4 is 11.3 Å². The zero-order valence-electron chi connectivity index (χ0n) is 14.1. The van der Waals surface area contributed by atoms with Crippen molar-refractivity contribution in [2.75, 3.05) is 20.1 Å². The largest absolute Gasteiger partial charge is 0.312 e. The molecule has 1 aromatic heterocycles. The zero-order chi connectivity index (χ0) is 15.2. The van der Waals surface area contributed by atoms with Gasteiger partial charge in [0.1, 0.15) is 0 Å². The smallest absolute Gasteiger partial charge is 0.0299 e. The Hall–Kier alpha value is -0.380. The van der Waals surface area contributed by atoms with Crippen molar-refractivity contribution in [1.82, 2.24) is 10.2 Å². The Morgan fingerprint density at radius 1 is 1.20 bits per heavy atom. The van der Waals surface area contributed by atoms with Gasteiger partial charge in [-0.05, 0) is 64.4 Å². The number of hydrogen-bond acceptors (Lipinski definition) is 3. The Morgan fingerprint density at radius 3 is 2.45 bits per heavy atom. The molecule has 20 heavy (non-hydrogen) atoms. The fourth-order valence-electron chi connectivity index (χ4n) is 1.96. The second-order valence-electron chi connectivity index (χ2n) is 6.97. The molecule has 0 amide bonds. The van der Waals surface area contributed by atoms with Crippen LogP contribution in [0.4, 0.5) is 0 Å². The Labute approximate surface area is 129 Å². The molecule has 0 saturated carbocycles. The molecule has 0 saturated heterocycles. The number of unbranched alkanes of at least 4 members (excludes halogenated alkanes) is 1. The van der Waals surface area contributed by atoms with Crippen LogP contribution in [0.25, 0.3) is 0 Å². The Kier molecular flexibility index (Phi) is 7.21. The third kappa shape index (κ3) is 6.38. The van der Waals surface area contributed by atoms with E-state index < -0.39 is 0 Å². The fraction of sp³-hybridized carbons (Fsp3) is 0.765. The predicted octanol–water partition coefficient (Wildman–Crippen LogP) is 4.26. The predicted molar refractivity (Wildman–Crippen MR) is 91.7 cm³/mol. The lowest BCUT2D eigenvalue weighted by atomic mass is 9.95. The highest BCUT2D eigenvalue weighted by atomic mass is 32.1. The number of nitrogens with zero attached hydrogens (tertiary/aromatic N) is 1. The first-order valence-electron chi connectivity index (χ1n) is 7.81. The second kappa shape index (κ2) is 8.16. The van der Waals surface area contributed by atoms with Gasteiger partial charge in [0.05, 0.1) is 0 Å². The van der Waals surface area contributed by atoms with Gasteiger partial charge in [-0.15, -0.1) is 11.3 Å². The van der Waals surface area contributed by atoms with E-state index >= 15 is 0 Å². The van der Waals surface area contributed by atoms with Crippen LogP contribution in [0.5, 0.6) is 0 Å². The van der Waals surface area contributed by atoms with E-state index in [1.807, 2.05) is 11.3 Å². The third-order valence-corrected chi connectivity index (χ3v) is 5.21. The van der Waals surface area contributed by atoms with Crippen molar-refractivity contribution in [1.29, 1.82) is 0 Å². The van der Waals surface area contributed by atoms with Crippen molar-refractivity contribution < 1.29 is 0 Å². The zero-order valence-corrected chi connectivity index (χ0v) is 14.9. The molecule has 0 atom stereocenters. The van der Waals surface area contributed by atoms with Gasteiger partial charge >= 0.3 is 0 Å². The highest BCUT2D eigenvalue weighted by Gasteiger charge is 2.15. The molecule has 1 rings (SSSR count). The Balaban J connectivity index is 2.14. The molecule has 3 heteroatoms. The van der Waals surface area contributed by atoms with Gasteiger partial charge in [0.2, 0.25) is 0 Å². The molecule has 1 heterocycles. The monoisotopic (exact) mass is 296 g/mol. The molecule has 0 unspecified atom stereocenters. The van der Waals surface area contributed by atoms with E-state index in [4.69, 9.17) is 0 Å². The minimum absolute atomic E-state index is 0.282. The van der Waals surface area contributed by atoms with Gasteiger partial charge in [-0.2, -0.15) is 0 Å². The maximum atomic E-state index is 3.56. The summed E-state index contributed by atoms with van der Waals surface area (Å²) in [5.74, 6) is 0. The normalized spacial score (nSPS) is 12.6. The molecule has 1 aromatic rings. The summed E-state index contributed by atoms with van der Waals surface area (Å²) in [6.45, 7) is 14.7. The van der Waals surface area contributed by atoms with Crippen LogP contribution in [-0.2, 0) is 12.0 Å². The molecule has 0 radical (unpaired) electrons. The van der Waals surface area contributed by atoms with Crippen molar-refractivity contribution in [2.45, 2.75) is 65.5 Å². The summed E-state index contributed by atoms with van der Waals surface area (Å²) >= 11 is 1.94. The lowest BCUT2D eigenvalue weighted by Crippen LogP contribution is -2.27. The maximum absolute atomic E-state index is 3.56. The van der Waals surface area contributed by atoms with Gasteiger partial charge < -0.3 is 10.2 Å². The SMILES string of the molecule is CC(C)N(C)CCCCNCc1ccc(C(C)(C)C)s1.